The van der Waals surface area contributed by atoms with Crippen LogP contribution in [0.4, 0.5) is 0 Å². The minimum Gasteiger partial charge on any atom is -0.229 e. The highest BCUT2D eigenvalue weighted by molar-refractivity contribution is 7.92. The molecule has 0 aliphatic carbocycles. The van der Waals surface area contributed by atoms with Gasteiger partial charge in [0.15, 0.2) is 9.84 Å². The van der Waals surface area contributed by atoms with Gasteiger partial charge in [-0.05, 0) is 19.3 Å². The summed E-state index contributed by atoms with van der Waals surface area (Å²) in [6, 6.07) is 0. The Morgan fingerprint density at radius 1 is 1.50 bits per heavy atom. The standard InChI is InChI=1S/C7H14O2S/c1-3-7-4-5-10(8,9)6(7)2/h6-7H,3-5H2,1-2H3. The molecule has 0 N–H and O–H groups in total. The predicted octanol–water partition coefficient (Wildman–Crippen LogP) is 1.22. The van der Waals surface area contributed by atoms with Gasteiger partial charge in [-0.2, -0.15) is 0 Å². The molecule has 2 unspecified atom stereocenters. The monoisotopic (exact) mass is 162 g/mol. The minimum absolute atomic E-state index is 0.0856. The van der Waals surface area contributed by atoms with Gasteiger partial charge < -0.3 is 0 Å². The molecule has 0 spiro atoms. The van der Waals surface area contributed by atoms with Gasteiger partial charge in [0.25, 0.3) is 0 Å². The highest BCUT2D eigenvalue weighted by Crippen LogP contribution is 2.28. The molecule has 0 aromatic carbocycles. The van der Waals surface area contributed by atoms with E-state index in [9.17, 15) is 8.42 Å². The van der Waals surface area contributed by atoms with Crippen molar-refractivity contribution in [3.05, 3.63) is 0 Å². The van der Waals surface area contributed by atoms with Crippen molar-refractivity contribution in [2.45, 2.75) is 31.9 Å². The molecule has 1 saturated heterocycles. The molecule has 0 amide bonds. The molecule has 0 radical (unpaired) electrons. The highest BCUT2D eigenvalue weighted by Gasteiger charge is 2.34. The molecule has 2 atom stereocenters. The summed E-state index contributed by atoms with van der Waals surface area (Å²) in [6.45, 7) is 3.89. The van der Waals surface area contributed by atoms with Gasteiger partial charge >= 0.3 is 0 Å². The fourth-order valence-electron chi connectivity index (χ4n) is 1.57. The third-order valence-corrected chi connectivity index (χ3v) is 4.85. The van der Waals surface area contributed by atoms with Gasteiger partial charge in [-0.15, -0.1) is 0 Å². The van der Waals surface area contributed by atoms with E-state index < -0.39 is 9.84 Å². The van der Waals surface area contributed by atoms with Crippen molar-refractivity contribution in [2.75, 3.05) is 5.75 Å². The summed E-state index contributed by atoms with van der Waals surface area (Å²) in [7, 11) is -2.69. The lowest BCUT2D eigenvalue weighted by Gasteiger charge is -2.09. The third kappa shape index (κ3) is 1.19. The normalized spacial score (nSPS) is 38.2. The Morgan fingerprint density at radius 2 is 2.10 bits per heavy atom. The van der Waals surface area contributed by atoms with Crippen LogP contribution in [-0.4, -0.2) is 19.4 Å². The summed E-state index contributed by atoms with van der Waals surface area (Å²) in [5, 5.41) is -0.0856. The second kappa shape index (κ2) is 2.53. The minimum atomic E-state index is -2.69. The van der Waals surface area contributed by atoms with Gasteiger partial charge in [-0.1, -0.05) is 13.3 Å². The first-order valence-electron chi connectivity index (χ1n) is 3.79. The zero-order valence-electron chi connectivity index (χ0n) is 6.50. The van der Waals surface area contributed by atoms with Crippen molar-refractivity contribution >= 4 is 9.84 Å². The quantitative estimate of drug-likeness (QED) is 0.581. The van der Waals surface area contributed by atoms with E-state index >= 15 is 0 Å². The average molecular weight is 162 g/mol. The Labute approximate surface area is 62.5 Å². The van der Waals surface area contributed by atoms with Gasteiger partial charge in [-0.3, -0.25) is 0 Å². The zero-order valence-corrected chi connectivity index (χ0v) is 7.32. The molecule has 1 aliphatic heterocycles. The van der Waals surface area contributed by atoms with Gasteiger partial charge in [0.05, 0.1) is 11.0 Å². The predicted molar refractivity (Wildman–Crippen MR) is 41.6 cm³/mol. The summed E-state index contributed by atoms with van der Waals surface area (Å²) in [6.07, 6.45) is 1.88. The fraction of sp³-hybridized carbons (Fsp3) is 1.00. The van der Waals surface area contributed by atoms with Crippen LogP contribution in [0.3, 0.4) is 0 Å². The molecule has 10 heavy (non-hydrogen) atoms. The lowest BCUT2D eigenvalue weighted by Crippen LogP contribution is -2.17. The molecular weight excluding hydrogens is 148 g/mol. The van der Waals surface area contributed by atoms with Crippen LogP contribution in [0.1, 0.15) is 26.7 Å². The maximum atomic E-state index is 11.1. The van der Waals surface area contributed by atoms with Gasteiger partial charge in [0.2, 0.25) is 0 Å². The summed E-state index contributed by atoms with van der Waals surface area (Å²) in [5.74, 6) is 0.831. The number of rotatable bonds is 1. The fourth-order valence-corrected chi connectivity index (χ4v) is 3.48. The van der Waals surface area contributed by atoms with E-state index in [0.717, 1.165) is 12.8 Å². The zero-order chi connectivity index (χ0) is 7.78. The van der Waals surface area contributed by atoms with Crippen LogP contribution in [0, 0.1) is 5.92 Å². The summed E-state index contributed by atoms with van der Waals surface area (Å²) in [4.78, 5) is 0. The molecule has 1 aliphatic rings. The second-order valence-corrected chi connectivity index (χ2v) is 5.51. The number of hydrogen-bond acceptors (Lipinski definition) is 2. The molecule has 0 saturated carbocycles. The van der Waals surface area contributed by atoms with E-state index in [1.807, 2.05) is 6.92 Å². The lowest BCUT2D eigenvalue weighted by atomic mass is 10.0. The van der Waals surface area contributed by atoms with Crippen molar-refractivity contribution in [2.24, 2.45) is 5.92 Å². The molecule has 0 aromatic rings. The van der Waals surface area contributed by atoms with E-state index in [2.05, 4.69) is 6.92 Å². The van der Waals surface area contributed by atoms with E-state index in [4.69, 9.17) is 0 Å². The van der Waals surface area contributed by atoms with Crippen LogP contribution in [-0.2, 0) is 9.84 Å². The smallest absolute Gasteiger partial charge is 0.153 e. The van der Waals surface area contributed by atoms with E-state index in [0.29, 0.717) is 11.7 Å². The van der Waals surface area contributed by atoms with Crippen LogP contribution in [0.15, 0.2) is 0 Å². The van der Waals surface area contributed by atoms with Crippen molar-refractivity contribution in [3.63, 3.8) is 0 Å². The first kappa shape index (κ1) is 8.05. The highest BCUT2D eigenvalue weighted by atomic mass is 32.2. The molecule has 60 valence electrons. The summed E-state index contributed by atoms with van der Waals surface area (Å²) < 4.78 is 22.3. The van der Waals surface area contributed by atoms with Crippen LogP contribution < -0.4 is 0 Å². The van der Waals surface area contributed by atoms with Gasteiger partial charge in [-0.25, -0.2) is 8.42 Å². The van der Waals surface area contributed by atoms with Crippen LogP contribution >= 0.6 is 0 Å². The average Bonchev–Trinajstić information content (AvgIpc) is 2.10. The van der Waals surface area contributed by atoms with Crippen LogP contribution in [0.25, 0.3) is 0 Å². The summed E-state index contributed by atoms with van der Waals surface area (Å²) >= 11 is 0. The molecule has 1 fully saturated rings. The first-order chi connectivity index (χ1) is 4.58. The largest absolute Gasteiger partial charge is 0.229 e. The molecule has 0 aromatic heterocycles. The maximum Gasteiger partial charge on any atom is 0.153 e. The van der Waals surface area contributed by atoms with E-state index in [-0.39, 0.29) is 5.25 Å². The Kier molecular flexibility index (Phi) is 2.04. The number of hydrogen-bond donors (Lipinski definition) is 0. The van der Waals surface area contributed by atoms with Crippen molar-refractivity contribution in [1.29, 1.82) is 0 Å². The molecule has 2 nitrogen and oxygen atoms in total. The molecular formula is C7H14O2S. The van der Waals surface area contributed by atoms with Gasteiger partial charge in [0.1, 0.15) is 0 Å². The summed E-state index contributed by atoms with van der Waals surface area (Å²) in [5.41, 5.74) is 0. The first-order valence-corrected chi connectivity index (χ1v) is 5.51. The molecule has 0 bridgehead atoms. The third-order valence-electron chi connectivity index (χ3n) is 2.53. The Balaban J connectivity index is 2.77. The van der Waals surface area contributed by atoms with Crippen molar-refractivity contribution in [3.8, 4) is 0 Å². The molecule has 1 rings (SSSR count). The Bertz CT molecular complexity index is 206. The topological polar surface area (TPSA) is 34.1 Å². The SMILES string of the molecule is CCC1CCS(=O)(=O)C1C. The number of sulfone groups is 1. The van der Waals surface area contributed by atoms with Gasteiger partial charge in [0, 0.05) is 0 Å². The van der Waals surface area contributed by atoms with E-state index in [1.54, 1.807) is 0 Å². The molecule has 3 heteroatoms. The van der Waals surface area contributed by atoms with Crippen LogP contribution in [0.2, 0.25) is 0 Å². The second-order valence-electron chi connectivity index (χ2n) is 3.03. The van der Waals surface area contributed by atoms with E-state index in [1.165, 1.54) is 0 Å². The Hall–Kier alpha value is -0.0500. The van der Waals surface area contributed by atoms with Crippen molar-refractivity contribution in [1.82, 2.24) is 0 Å². The van der Waals surface area contributed by atoms with Crippen molar-refractivity contribution < 1.29 is 8.42 Å². The Morgan fingerprint density at radius 3 is 2.30 bits per heavy atom. The van der Waals surface area contributed by atoms with Crippen LogP contribution in [0.5, 0.6) is 0 Å². The lowest BCUT2D eigenvalue weighted by molar-refractivity contribution is 0.504. The molecule has 1 heterocycles. The maximum absolute atomic E-state index is 11.1.